The molecular weight excluding hydrogens is 344 g/mol. The van der Waals surface area contributed by atoms with Crippen LogP contribution in [0.4, 0.5) is 0 Å². The summed E-state index contributed by atoms with van der Waals surface area (Å²) in [6.07, 6.45) is 0.565. The summed E-state index contributed by atoms with van der Waals surface area (Å²) in [5, 5.41) is 46.5. The van der Waals surface area contributed by atoms with Crippen LogP contribution >= 0.6 is 0 Å². The van der Waals surface area contributed by atoms with Crippen molar-refractivity contribution >= 4 is 18.0 Å². The maximum absolute atomic E-state index is 11.8. The van der Waals surface area contributed by atoms with Gasteiger partial charge in [-0.25, -0.2) is 9.59 Å². The van der Waals surface area contributed by atoms with Crippen LogP contribution in [0.15, 0.2) is 42.5 Å². The van der Waals surface area contributed by atoms with Crippen LogP contribution in [0, 0.1) is 0 Å². The summed E-state index contributed by atoms with van der Waals surface area (Å²) in [6, 6.07) is 7.65. The van der Waals surface area contributed by atoms with E-state index < -0.39 is 23.8 Å². The first-order valence-electron chi connectivity index (χ1n) is 7.40. The van der Waals surface area contributed by atoms with Gasteiger partial charge in [0.1, 0.15) is 0 Å². The molecule has 0 aliphatic rings. The SMILES string of the molecule is O=C(/C=C/c1ccc(O)c(O)c1)O[C@@H](Cc1ccc(O)c(O)c1)C(=O)O. The van der Waals surface area contributed by atoms with E-state index in [-0.39, 0.29) is 23.7 Å². The quantitative estimate of drug-likeness (QED) is 0.298. The van der Waals surface area contributed by atoms with Gasteiger partial charge < -0.3 is 30.3 Å². The molecule has 0 spiro atoms. The number of ether oxygens (including phenoxy) is 1. The number of aromatic hydroxyl groups is 4. The second-order valence-electron chi connectivity index (χ2n) is 5.37. The van der Waals surface area contributed by atoms with E-state index in [9.17, 15) is 35.1 Å². The van der Waals surface area contributed by atoms with Crippen LogP contribution in [0.3, 0.4) is 0 Å². The highest BCUT2D eigenvalue weighted by Gasteiger charge is 2.22. The third-order valence-electron chi connectivity index (χ3n) is 3.41. The molecular formula is C18H16O8. The third kappa shape index (κ3) is 4.91. The van der Waals surface area contributed by atoms with Gasteiger partial charge >= 0.3 is 11.9 Å². The monoisotopic (exact) mass is 360 g/mol. The number of esters is 1. The Bertz CT molecular complexity index is 856. The smallest absolute Gasteiger partial charge is 0.345 e. The van der Waals surface area contributed by atoms with Crippen molar-refractivity contribution in [3.8, 4) is 23.0 Å². The second kappa shape index (κ2) is 7.93. The molecule has 0 aliphatic heterocycles. The first kappa shape index (κ1) is 18.7. The minimum atomic E-state index is -1.50. The summed E-state index contributed by atoms with van der Waals surface area (Å²) in [4.78, 5) is 23.1. The average Bonchev–Trinajstić information content (AvgIpc) is 2.58. The van der Waals surface area contributed by atoms with Crippen molar-refractivity contribution < 1.29 is 39.9 Å². The zero-order chi connectivity index (χ0) is 19.3. The van der Waals surface area contributed by atoms with Crippen molar-refractivity contribution in [2.45, 2.75) is 12.5 Å². The zero-order valence-electron chi connectivity index (χ0n) is 13.4. The van der Waals surface area contributed by atoms with Crippen molar-refractivity contribution in [2.24, 2.45) is 0 Å². The molecule has 2 aromatic carbocycles. The molecule has 0 unspecified atom stereocenters. The minimum Gasteiger partial charge on any atom is -0.504 e. The van der Waals surface area contributed by atoms with E-state index in [1.165, 1.54) is 42.5 Å². The number of carboxylic acid groups (broad SMARTS) is 1. The molecule has 0 fully saturated rings. The highest BCUT2D eigenvalue weighted by atomic mass is 16.6. The Labute approximate surface area is 147 Å². The predicted molar refractivity (Wildman–Crippen MR) is 89.8 cm³/mol. The van der Waals surface area contributed by atoms with Gasteiger partial charge in [-0.05, 0) is 41.5 Å². The third-order valence-corrected chi connectivity index (χ3v) is 3.41. The molecule has 2 aromatic rings. The number of hydrogen-bond acceptors (Lipinski definition) is 7. The predicted octanol–water partition coefficient (Wildman–Crippen LogP) is 1.76. The molecule has 136 valence electrons. The van der Waals surface area contributed by atoms with Gasteiger partial charge in [-0.1, -0.05) is 12.1 Å². The van der Waals surface area contributed by atoms with E-state index in [1.807, 2.05) is 0 Å². The van der Waals surface area contributed by atoms with Gasteiger partial charge in [0.2, 0.25) is 6.10 Å². The molecule has 0 aliphatic carbocycles. The van der Waals surface area contributed by atoms with Gasteiger partial charge in [-0.2, -0.15) is 0 Å². The van der Waals surface area contributed by atoms with E-state index in [1.54, 1.807) is 0 Å². The summed E-state index contributed by atoms with van der Waals surface area (Å²) in [5.41, 5.74) is 0.750. The van der Waals surface area contributed by atoms with E-state index in [4.69, 9.17) is 4.74 Å². The van der Waals surface area contributed by atoms with Crippen molar-refractivity contribution in [1.29, 1.82) is 0 Å². The first-order chi connectivity index (χ1) is 12.3. The standard InChI is InChI=1S/C18H16O8/c19-12-4-1-10(7-14(12)21)3-6-17(23)26-16(18(24)25)9-11-2-5-13(20)15(22)8-11/h1-8,16,19-22H,9H2,(H,24,25)/b6-3+/t16-/m0/s1. The van der Waals surface area contributed by atoms with Gasteiger partial charge in [0.25, 0.3) is 0 Å². The van der Waals surface area contributed by atoms with E-state index in [2.05, 4.69) is 0 Å². The molecule has 0 radical (unpaired) electrons. The summed E-state index contributed by atoms with van der Waals surface area (Å²) >= 11 is 0. The van der Waals surface area contributed by atoms with Crippen molar-refractivity contribution in [3.05, 3.63) is 53.6 Å². The molecule has 8 nitrogen and oxygen atoms in total. The maximum Gasteiger partial charge on any atom is 0.345 e. The van der Waals surface area contributed by atoms with E-state index >= 15 is 0 Å². The summed E-state index contributed by atoms with van der Waals surface area (Å²) < 4.78 is 4.88. The Kier molecular flexibility index (Phi) is 5.69. The molecule has 0 bridgehead atoms. The minimum absolute atomic E-state index is 0.206. The Balaban J connectivity index is 2.05. The fraction of sp³-hybridized carbons (Fsp3) is 0.111. The van der Waals surface area contributed by atoms with Crippen LogP contribution in [-0.2, 0) is 20.7 Å². The molecule has 0 saturated carbocycles. The molecule has 0 aromatic heterocycles. The lowest BCUT2D eigenvalue weighted by Crippen LogP contribution is -2.28. The van der Waals surface area contributed by atoms with Gasteiger partial charge in [-0.3, -0.25) is 0 Å². The molecule has 1 atom stereocenters. The molecule has 0 amide bonds. The second-order valence-corrected chi connectivity index (χ2v) is 5.37. The van der Waals surface area contributed by atoms with Crippen LogP contribution in [-0.4, -0.2) is 43.6 Å². The van der Waals surface area contributed by atoms with Crippen LogP contribution in [0.2, 0.25) is 0 Å². The number of benzene rings is 2. The summed E-state index contributed by atoms with van der Waals surface area (Å²) in [7, 11) is 0. The van der Waals surface area contributed by atoms with Crippen molar-refractivity contribution in [3.63, 3.8) is 0 Å². The summed E-state index contributed by atoms with van der Waals surface area (Å²) in [6.45, 7) is 0. The Morgan fingerprint density at radius 1 is 0.923 bits per heavy atom. The lowest BCUT2D eigenvalue weighted by Gasteiger charge is -2.13. The van der Waals surface area contributed by atoms with Gasteiger partial charge in [-0.15, -0.1) is 0 Å². The zero-order valence-corrected chi connectivity index (χ0v) is 13.4. The number of carbonyl (C=O) groups is 2. The molecule has 2 rings (SSSR count). The maximum atomic E-state index is 11.8. The molecule has 26 heavy (non-hydrogen) atoms. The van der Waals surface area contributed by atoms with Crippen LogP contribution in [0.5, 0.6) is 23.0 Å². The van der Waals surface area contributed by atoms with Gasteiger partial charge in [0.05, 0.1) is 0 Å². The number of carboxylic acids is 1. The Morgan fingerprint density at radius 2 is 1.54 bits per heavy atom. The van der Waals surface area contributed by atoms with Gasteiger partial charge in [0, 0.05) is 12.5 Å². The van der Waals surface area contributed by atoms with Crippen LogP contribution in [0.25, 0.3) is 6.08 Å². The normalized spacial score (nSPS) is 12.0. The van der Waals surface area contributed by atoms with Gasteiger partial charge in [0.15, 0.2) is 23.0 Å². The number of rotatable bonds is 6. The molecule has 0 saturated heterocycles. The number of hydrogen-bond donors (Lipinski definition) is 5. The number of carbonyl (C=O) groups excluding carboxylic acids is 1. The molecule has 8 heteroatoms. The van der Waals surface area contributed by atoms with Crippen molar-refractivity contribution in [1.82, 2.24) is 0 Å². The Hall–Kier alpha value is -3.68. The lowest BCUT2D eigenvalue weighted by molar-refractivity contribution is -0.160. The fourth-order valence-corrected chi connectivity index (χ4v) is 2.08. The highest BCUT2D eigenvalue weighted by molar-refractivity contribution is 5.89. The van der Waals surface area contributed by atoms with Crippen molar-refractivity contribution in [2.75, 3.05) is 0 Å². The van der Waals surface area contributed by atoms with E-state index in [0.717, 1.165) is 6.08 Å². The fourth-order valence-electron chi connectivity index (χ4n) is 2.08. The van der Waals surface area contributed by atoms with Crippen LogP contribution < -0.4 is 0 Å². The largest absolute Gasteiger partial charge is 0.504 e. The van der Waals surface area contributed by atoms with E-state index in [0.29, 0.717) is 11.1 Å². The topological polar surface area (TPSA) is 145 Å². The lowest BCUT2D eigenvalue weighted by atomic mass is 10.1. The number of phenolic OH excluding ortho intramolecular Hbond substituents is 4. The average molecular weight is 360 g/mol. The molecule has 5 N–H and O–H groups in total. The number of aliphatic carboxylic acids is 1. The number of phenols is 4. The summed E-state index contributed by atoms with van der Waals surface area (Å²) in [5.74, 6) is -3.74. The van der Waals surface area contributed by atoms with Crippen LogP contribution in [0.1, 0.15) is 11.1 Å². The Morgan fingerprint density at radius 3 is 2.12 bits per heavy atom. The first-order valence-corrected chi connectivity index (χ1v) is 7.40. The highest BCUT2D eigenvalue weighted by Crippen LogP contribution is 2.26. The molecule has 0 heterocycles.